The molecule has 108 valence electrons. The van der Waals surface area contributed by atoms with Crippen molar-refractivity contribution in [1.82, 2.24) is 14.7 Å². The van der Waals surface area contributed by atoms with Gasteiger partial charge in [-0.25, -0.2) is 0 Å². The van der Waals surface area contributed by atoms with Crippen molar-refractivity contribution < 1.29 is 9.59 Å². The van der Waals surface area contributed by atoms with Crippen molar-refractivity contribution in [2.75, 3.05) is 5.32 Å². The number of carbonyl (C=O) groups is 2. The fourth-order valence-corrected chi connectivity index (χ4v) is 2.42. The third-order valence-corrected chi connectivity index (χ3v) is 3.68. The topological polar surface area (TPSA) is 67.2 Å². The lowest BCUT2D eigenvalue weighted by Gasteiger charge is -2.25. The summed E-state index contributed by atoms with van der Waals surface area (Å²) in [7, 11) is 1.75. The number of anilines is 1. The van der Waals surface area contributed by atoms with Crippen molar-refractivity contribution in [2.45, 2.75) is 19.5 Å². The van der Waals surface area contributed by atoms with Gasteiger partial charge in [-0.2, -0.15) is 5.10 Å². The zero-order valence-electron chi connectivity index (χ0n) is 11.9. The Labute approximate surface area is 122 Å². The predicted octanol–water partition coefficient (Wildman–Crippen LogP) is 1.40. The molecule has 3 rings (SSSR count). The maximum atomic E-state index is 12.6. The lowest BCUT2D eigenvalue weighted by atomic mass is 10.1. The predicted molar refractivity (Wildman–Crippen MR) is 77.6 cm³/mol. The zero-order chi connectivity index (χ0) is 15.0. The van der Waals surface area contributed by atoms with Gasteiger partial charge >= 0.3 is 0 Å². The summed E-state index contributed by atoms with van der Waals surface area (Å²) in [5.74, 6) is -0.375. The molecule has 0 bridgehead atoms. The van der Waals surface area contributed by atoms with Crippen LogP contribution < -0.4 is 5.32 Å². The van der Waals surface area contributed by atoms with Gasteiger partial charge in [0, 0.05) is 25.5 Å². The molecule has 1 aromatic heterocycles. The maximum Gasteiger partial charge on any atom is 0.258 e. The Bertz CT molecular complexity index is 707. The molecule has 6 heteroatoms. The third kappa shape index (κ3) is 2.40. The Morgan fingerprint density at radius 2 is 2.14 bits per heavy atom. The van der Waals surface area contributed by atoms with Gasteiger partial charge in [0.2, 0.25) is 5.91 Å². The average Bonchev–Trinajstić information content (AvgIpc) is 2.86. The molecule has 1 N–H and O–H groups in total. The molecule has 1 aromatic carbocycles. The SMILES string of the molecule is C[C@H]1C(=O)Nc2ccccc2CN1C(=O)c1cnn(C)c1. The molecule has 2 aromatic rings. The number of carbonyl (C=O) groups excluding carboxylic acids is 2. The minimum Gasteiger partial charge on any atom is -0.324 e. The van der Waals surface area contributed by atoms with Crippen molar-refractivity contribution in [1.29, 1.82) is 0 Å². The number of fused-ring (bicyclic) bond motifs is 1. The van der Waals surface area contributed by atoms with Crippen molar-refractivity contribution in [3.05, 3.63) is 47.8 Å². The number of aryl methyl sites for hydroxylation is 1. The highest BCUT2D eigenvalue weighted by molar-refractivity contribution is 6.02. The molecule has 2 amide bonds. The highest BCUT2D eigenvalue weighted by atomic mass is 16.2. The zero-order valence-corrected chi connectivity index (χ0v) is 11.9. The molecule has 0 aliphatic carbocycles. The molecule has 1 aliphatic rings. The van der Waals surface area contributed by atoms with Crippen LogP contribution in [0.1, 0.15) is 22.8 Å². The van der Waals surface area contributed by atoms with Crippen LogP contribution in [-0.4, -0.2) is 32.5 Å². The van der Waals surface area contributed by atoms with Gasteiger partial charge in [-0.1, -0.05) is 18.2 Å². The molecule has 0 fully saturated rings. The second kappa shape index (κ2) is 5.05. The Morgan fingerprint density at radius 3 is 2.86 bits per heavy atom. The largest absolute Gasteiger partial charge is 0.324 e. The number of benzene rings is 1. The van der Waals surface area contributed by atoms with Crippen LogP contribution in [0.15, 0.2) is 36.7 Å². The number of hydrogen-bond donors (Lipinski definition) is 1. The normalized spacial score (nSPS) is 17.9. The van der Waals surface area contributed by atoms with E-state index < -0.39 is 6.04 Å². The molecule has 0 unspecified atom stereocenters. The van der Waals surface area contributed by atoms with E-state index in [1.54, 1.807) is 29.7 Å². The Hall–Kier alpha value is -2.63. The van der Waals surface area contributed by atoms with E-state index in [2.05, 4.69) is 10.4 Å². The molecule has 6 nitrogen and oxygen atoms in total. The van der Waals surface area contributed by atoms with Crippen molar-refractivity contribution in [2.24, 2.45) is 7.05 Å². The van der Waals surface area contributed by atoms with Gasteiger partial charge in [-0.05, 0) is 18.6 Å². The van der Waals surface area contributed by atoms with Crippen molar-refractivity contribution >= 4 is 17.5 Å². The van der Waals surface area contributed by atoms with E-state index in [-0.39, 0.29) is 11.8 Å². The number of hydrogen-bond acceptors (Lipinski definition) is 3. The molecule has 21 heavy (non-hydrogen) atoms. The summed E-state index contributed by atoms with van der Waals surface area (Å²) in [6.45, 7) is 2.12. The minimum atomic E-state index is -0.537. The number of nitrogens with zero attached hydrogens (tertiary/aromatic N) is 3. The first kappa shape index (κ1) is 13.4. The van der Waals surface area contributed by atoms with Gasteiger partial charge in [0.15, 0.2) is 0 Å². The number of para-hydroxylation sites is 1. The van der Waals surface area contributed by atoms with Crippen LogP contribution >= 0.6 is 0 Å². The van der Waals surface area contributed by atoms with Crippen LogP contribution in [0, 0.1) is 0 Å². The summed E-state index contributed by atoms with van der Waals surface area (Å²) in [5, 5.41) is 6.87. The fourth-order valence-electron chi connectivity index (χ4n) is 2.42. The lowest BCUT2D eigenvalue weighted by Crippen LogP contribution is -2.43. The van der Waals surface area contributed by atoms with Crippen LogP contribution in [0.25, 0.3) is 0 Å². The summed E-state index contributed by atoms with van der Waals surface area (Å²) in [5.41, 5.74) is 2.17. The van der Waals surface area contributed by atoms with E-state index in [4.69, 9.17) is 0 Å². The summed E-state index contributed by atoms with van der Waals surface area (Å²) in [6, 6.07) is 6.98. The van der Waals surface area contributed by atoms with Gasteiger partial charge in [0.05, 0.1) is 11.8 Å². The molecule has 0 spiro atoms. The Balaban J connectivity index is 1.97. The van der Waals surface area contributed by atoms with Gasteiger partial charge in [-0.15, -0.1) is 0 Å². The van der Waals surface area contributed by atoms with Gasteiger partial charge < -0.3 is 10.2 Å². The Kier molecular flexibility index (Phi) is 3.21. The number of amides is 2. The quantitative estimate of drug-likeness (QED) is 0.860. The van der Waals surface area contributed by atoms with E-state index in [0.29, 0.717) is 12.1 Å². The molecule has 0 saturated heterocycles. The van der Waals surface area contributed by atoms with E-state index in [1.807, 2.05) is 24.3 Å². The van der Waals surface area contributed by atoms with E-state index >= 15 is 0 Å². The van der Waals surface area contributed by atoms with Gasteiger partial charge in [-0.3, -0.25) is 14.3 Å². The van der Waals surface area contributed by atoms with Crippen LogP contribution in [-0.2, 0) is 18.4 Å². The highest BCUT2D eigenvalue weighted by Crippen LogP contribution is 2.24. The molecule has 1 aliphatic heterocycles. The summed E-state index contributed by atoms with van der Waals surface area (Å²) >= 11 is 0. The first-order valence-corrected chi connectivity index (χ1v) is 6.74. The molecule has 0 saturated carbocycles. The second-order valence-electron chi connectivity index (χ2n) is 5.16. The van der Waals surface area contributed by atoms with Gasteiger partial charge in [0.25, 0.3) is 5.91 Å². The molecule has 0 radical (unpaired) electrons. The first-order chi connectivity index (χ1) is 10.1. The van der Waals surface area contributed by atoms with Crippen molar-refractivity contribution in [3.63, 3.8) is 0 Å². The maximum absolute atomic E-state index is 12.6. The van der Waals surface area contributed by atoms with E-state index in [9.17, 15) is 9.59 Å². The van der Waals surface area contributed by atoms with Crippen LogP contribution in [0.5, 0.6) is 0 Å². The van der Waals surface area contributed by atoms with Crippen LogP contribution in [0.3, 0.4) is 0 Å². The number of rotatable bonds is 1. The number of nitrogens with one attached hydrogen (secondary N) is 1. The lowest BCUT2D eigenvalue weighted by molar-refractivity contribution is -0.119. The molecular formula is C15H16N4O2. The third-order valence-electron chi connectivity index (χ3n) is 3.68. The van der Waals surface area contributed by atoms with E-state index in [0.717, 1.165) is 11.3 Å². The average molecular weight is 284 g/mol. The first-order valence-electron chi connectivity index (χ1n) is 6.74. The summed E-state index contributed by atoms with van der Waals surface area (Å²) in [4.78, 5) is 26.4. The van der Waals surface area contributed by atoms with Crippen LogP contribution in [0.2, 0.25) is 0 Å². The molecular weight excluding hydrogens is 268 g/mol. The summed E-state index contributed by atoms with van der Waals surface area (Å²) < 4.78 is 1.57. The fraction of sp³-hybridized carbons (Fsp3) is 0.267. The monoisotopic (exact) mass is 284 g/mol. The summed E-state index contributed by atoms with van der Waals surface area (Å²) in [6.07, 6.45) is 3.17. The van der Waals surface area contributed by atoms with Crippen molar-refractivity contribution in [3.8, 4) is 0 Å². The Morgan fingerprint density at radius 1 is 1.38 bits per heavy atom. The smallest absolute Gasteiger partial charge is 0.258 e. The van der Waals surface area contributed by atoms with Gasteiger partial charge in [0.1, 0.15) is 6.04 Å². The minimum absolute atomic E-state index is 0.183. The molecule has 2 heterocycles. The second-order valence-corrected chi connectivity index (χ2v) is 5.16. The standard InChI is InChI=1S/C15H16N4O2/c1-10-14(20)17-13-6-4-3-5-11(13)9-19(10)15(21)12-7-16-18(2)8-12/h3-8,10H,9H2,1-2H3,(H,17,20)/t10-/m0/s1. The van der Waals surface area contributed by atoms with Crippen LogP contribution in [0.4, 0.5) is 5.69 Å². The highest BCUT2D eigenvalue weighted by Gasteiger charge is 2.31. The van der Waals surface area contributed by atoms with E-state index in [1.165, 1.54) is 6.20 Å². The number of aromatic nitrogens is 2. The molecule has 1 atom stereocenters.